The number of hydrogen-bond donors (Lipinski definition) is 2. The van der Waals surface area contributed by atoms with Gasteiger partial charge in [0, 0.05) is 16.3 Å². The molecular weight excluding hydrogens is 274 g/mol. The van der Waals surface area contributed by atoms with Gasteiger partial charge in [-0.15, -0.1) is 11.8 Å². The van der Waals surface area contributed by atoms with Gasteiger partial charge in [-0.3, -0.25) is 10.1 Å². The van der Waals surface area contributed by atoms with Gasteiger partial charge in [0.2, 0.25) is 0 Å². The number of nitrogens with one attached hydrogen (secondary N) is 1. The molecule has 1 aromatic rings. The summed E-state index contributed by atoms with van der Waals surface area (Å²) in [6.07, 6.45) is 0. The van der Waals surface area contributed by atoms with Gasteiger partial charge in [0.15, 0.2) is 0 Å². The zero-order valence-electron chi connectivity index (χ0n) is 9.85. The molecule has 18 heavy (non-hydrogen) atoms. The van der Waals surface area contributed by atoms with Gasteiger partial charge in [-0.1, -0.05) is 11.6 Å². The smallest absolute Gasteiger partial charge is 0.321 e. The summed E-state index contributed by atoms with van der Waals surface area (Å²) in [5.41, 5.74) is 0.901. The van der Waals surface area contributed by atoms with Crippen molar-refractivity contribution in [1.82, 2.24) is 5.32 Å². The molecule has 1 aromatic carbocycles. The van der Waals surface area contributed by atoms with Gasteiger partial charge < -0.3 is 9.84 Å². The Hall–Kier alpha value is -0.910. The Balaban J connectivity index is 2.22. The molecule has 2 rings (SSSR count). The lowest BCUT2D eigenvalue weighted by Crippen LogP contribution is -2.33. The van der Waals surface area contributed by atoms with Crippen molar-refractivity contribution in [3.8, 4) is 5.75 Å². The molecule has 1 saturated heterocycles. The fourth-order valence-corrected chi connectivity index (χ4v) is 3.23. The van der Waals surface area contributed by atoms with Crippen LogP contribution in [0.5, 0.6) is 5.75 Å². The fraction of sp³-hybridized carbons (Fsp3) is 0.417. The molecule has 0 bridgehead atoms. The van der Waals surface area contributed by atoms with Crippen molar-refractivity contribution in [2.24, 2.45) is 0 Å². The molecule has 2 atom stereocenters. The summed E-state index contributed by atoms with van der Waals surface area (Å²) < 4.78 is 5.54. The van der Waals surface area contributed by atoms with Crippen molar-refractivity contribution < 1.29 is 14.6 Å². The molecule has 0 radical (unpaired) electrons. The molecule has 1 heterocycles. The fourth-order valence-electron chi connectivity index (χ4n) is 1.80. The van der Waals surface area contributed by atoms with Crippen LogP contribution in [-0.2, 0) is 4.79 Å². The minimum absolute atomic E-state index is 0.0913. The van der Waals surface area contributed by atoms with Crippen molar-refractivity contribution in [2.45, 2.75) is 18.3 Å². The first-order valence-corrected chi connectivity index (χ1v) is 7.07. The number of aliphatic carboxylic acids is 1. The molecule has 1 aliphatic heterocycles. The highest BCUT2D eigenvalue weighted by molar-refractivity contribution is 7.99. The Morgan fingerprint density at radius 2 is 2.44 bits per heavy atom. The molecule has 0 aromatic heterocycles. The van der Waals surface area contributed by atoms with E-state index >= 15 is 0 Å². The topological polar surface area (TPSA) is 58.6 Å². The van der Waals surface area contributed by atoms with Crippen LogP contribution >= 0.6 is 23.4 Å². The normalized spacial score (nSPS) is 23.0. The van der Waals surface area contributed by atoms with Gasteiger partial charge in [0.1, 0.15) is 11.8 Å². The largest absolute Gasteiger partial charge is 0.494 e. The third-order valence-electron chi connectivity index (χ3n) is 2.63. The summed E-state index contributed by atoms with van der Waals surface area (Å²) in [5, 5.41) is 12.6. The minimum atomic E-state index is -0.829. The van der Waals surface area contributed by atoms with Crippen LogP contribution in [0.4, 0.5) is 0 Å². The third kappa shape index (κ3) is 2.91. The molecular formula is C12H14ClNO3S. The molecule has 98 valence electrons. The first-order chi connectivity index (χ1) is 8.61. The number of benzene rings is 1. The van der Waals surface area contributed by atoms with E-state index < -0.39 is 12.0 Å². The lowest BCUT2D eigenvalue weighted by Gasteiger charge is -2.16. The SMILES string of the molecule is CCOc1ccc(Cl)cc1[C@H]1N[C@H](C(=O)O)CS1. The maximum atomic E-state index is 10.9. The lowest BCUT2D eigenvalue weighted by atomic mass is 10.2. The number of ether oxygens (including phenoxy) is 1. The van der Waals surface area contributed by atoms with E-state index in [1.165, 1.54) is 0 Å². The highest BCUT2D eigenvalue weighted by atomic mass is 35.5. The summed E-state index contributed by atoms with van der Waals surface area (Å²) in [4.78, 5) is 10.9. The summed E-state index contributed by atoms with van der Waals surface area (Å²) in [6.45, 7) is 2.47. The molecule has 0 unspecified atom stereocenters. The Morgan fingerprint density at radius 3 is 3.06 bits per heavy atom. The number of halogens is 1. The van der Waals surface area contributed by atoms with Crippen LogP contribution in [0.25, 0.3) is 0 Å². The van der Waals surface area contributed by atoms with E-state index in [0.29, 0.717) is 17.4 Å². The second kappa shape index (κ2) is 5.82. The summed E-state index contributed by atoms with van der Waals surface area (Å²) in [7, 11) is 0. The second-order valence-corrected chi connectivity index (χ2v) is 5.46. The number of carboxylic acids is 1. The Kier molecular flexibility index (Phi) is 4.37. The standard InChI is InChI=1S/C12H14ClNO3S/c1-2-17-10-4-3-7(13)5-8(10)11-14-9(6-18-11)12(15)16/h3-5,9,11,14H,2,6H2,1H3,(H,15,16)/t9-,11-/m0/s1. The van der Waals surface area contributed by atoms with Crippen molar-refractivity contribution in [1.29, 1.82) is 0 Å². The maximum Gasteiger partial charge on any atom is 0.321 e. The van der Waals surface area contributed by atoms with E-state index in [1.807, 2.05) is 19.1 Å². The Bertz CT molecular complexity index is 455. The van der Waals surface area contributed by atoms with Gasteiger partial charge in [-0.2, -0.15) is 0 Å². The van der Waals surface area contributed by atoms with Gasteiger partial charge in [-0.25, -0.2) is 0 Å². The van der Waals surface area contributed by atoms with Crippen LogP contribution in [0.2, 0.25) is 5.02 Å². The summed E-state index contributed by atoms with van der Waals surface area (Å²) >= 11 is 7.54. The van der Waals surface area contributed by atoms with Crippen LogP contribution in [0.3, 0.4) is 0 Å². The van der Waals surface area contributed by atoms with E-state index in [-0.39, 0.29) is 5.37 Å². The predicted octanol–water partition coefficient (Wildman–Crippen LogP) is 2.53. The first kappa shape index (κ1) is 13.5. The van der Waals surface area contributed by atoms with Crippen LogP contribution in [-0.4, -0.2) is 29.5 Å². The van der Waals surface area contributed by atoms with Gasteiger partial charge in [0.05, 0.1) is 12.0 Å². The third-order valence-corrected chi connectivity index (χ3v) is 4.12. The molecule has 0 spiro atoms. The first-order valence-electron chi connectivity index (χ1n) is 5.64. The van der Waals surface area contributed by atoms with Crippen LogP contribution < -0.4 is 10.1 Å². The van der Waals surface area contributed by atoms with Crippen molar-refractivity contribution in [2.75, 3.05) is 12.4 Å². The average molecular weight is 288 g/mol. The number of thioether (sulfide) groups is 1. The van der Waals surface area contributed by atoms with E-state index in [1.54, 1.807) is 17.8 Å². The molecule has 1 aliphatic rings. The zero-order chi connectivity index (χ0) is 13.1. The van der Waals surface area contributed by atoms with E-state index in [0.717, 1.165) is 11.3 Å². The Labute approximate surface area is 115 Å². The molecule has 0 saturated carbocycles. The van der Waals surface area contributed by atoms with Gasteiger partial charge >= 0.3 is 5.97 Å². The molecule has 6 heteroatoms. The number of rotatable bonds is 4. The highest BCUT2D eigenvalue weighted by Crippen LogP contribution is 2.38. The van der Waals surface area contributed by atoms with Crippen LogP contribution in [0.15, 0.2) is 18.2 Å². The van der Waals surface area contributed by atoms with E-state index in [9.17, 15) is 4.79 Å². The van der Waals surface area contributed by atoms with Crippen molar-refractivity contribution in [3.63, 3.8) is 0 Å². The molecule has 0 amide bonds. The number of carbonyl (C=O) groups is 1. The van der Waals surface area contributed by atoms with E-state index in [2.05, 4.69) is 5.32 Å². The lowest BCUT2D eigenvalue weighted by molar-refractivity contribution is -0.138. The molecule has 1 fully saturated rings. The monoisotopic (exact) mass is 287 g/mol. The minimum Gasteiger partial charge on any atom is -0.494 e. The highest BCUT2D eigenvalue weighted by Gasteiger charge is 2.31. The zero-order valence-corrected chi connectivity index (χ0v) is 11.4. The second-order valence-electron chi connectivity index (χ2n) is 3.89. The van der Waals surface area contributed by atoms with Gasteiger partial charge in [-0.05, 0) is 25.1 Å². The van der Waals surface area contributed by atoms with Crippen molar-refractivity contribution in [3.05, 3.63) is 28.8 Å². The molecule has 2 N–H and O–H groups in total. The van der Waals surface area contributed by atoms with Crippen LogP contribution in [0, 0.1) is 0 Å². The number of carboxylic acid groups (broad SMARTS) is 1. The summed E-state index contributed by atoms with van der Waals surface area (Å²) in [6, 6.07) is 4.89. The van der Waals surface area contributed by atoms with Crippen LogP contribution in [0.1, 0.15) is 17.9 Å². The Morgan fingerprint density at radius 1 is 1.67 bits per heavy atom. The van der Waals surface area contributed by atoms with Gasteiger partial charge in [0.25, 0.3) is 0 Å². The predicted molar refractivity (Wildman–Crippen MR) is 72.4 cm³/mol. The maximum absolute atomic E-state index is 10.9. The number of hydrogen-bond acceptors (Lipinski definition) is 4. The quantitative estimate of drug-likeness (QED) is 0.891. The average Bonchev–Trinajstić information content (AvgIpc) is 2.81. The molecule has 4 nitrogen and oxygen atoms in total. The van der Waals surface area contributed by atoms with E-state index in [4.69, 9.17) is 21.4 Å². The molecule has 0 aliphatic carbocycles. The summed E-state index contributed by atoms with van der Waals surface area (Å²) in [5.74, 6) is 0.459. The van der Waals surface area contributed by atoms with Crippen molar-refractivity contribution >= 4 is 29.3 Å².